The highest BCUT2D eigenvalue weighted by Crippen LogP contribution is 2.19. The number of nitrogens with one attached hydrogen (secondary N) is 2. The Morgan fingerprint density at radius 2 is 2.00 bits per heavy atom. The second-order valence-electron chi connectivity index (χ2n) is 3.63. The van der Waals surface area contributed by atoms with Gasteiger partial charge in [0.1, 0.15) is 5.71 Å². The van der Waals surface area contributed by atoms with Crippen molar-refractivity contribution in [2.75, 3.05) is 0 Å². The number of benzene rings is 1. The molecule has 0 atom stereocenters. The molecule has 0 saturated carbocycles. The monoisotopic (exact) mass is 230 g/mol. The van der Waals surface area contributed by atoms with Gasteiger partial charge >= 0.3 is 5.97 Å². The van der Waals surface area contributed by atoms with Gasteiger partial charge in [-0.05, 0) is 6.07 Å². The Kier molecular flexibility index (Phi) is 2.74. The fraction of sp³-hybridized carbons (Fsp3) is 0.0833. The standard InChI is InChI=1S/C12H10N2O3/c13-9(12(16)17)5-11(15)8-6-14-10-4-2-1-3-7(8)10/h1-4,6,13-14H,5H2,(H,16,17). The largest absolute Gasteiger partial charge is 0.477 e. The highest BCUT2D eigenvalue weighted by molar-refractivity contribution is 6.39. The lowest BCUT2D eigenvalue weighted by Gasteiger charge is -1.98. The molecular weight excluding hydrogens is 220 g/mol. The first-order valence-corrected chi connectivity index (χ1v) is 4.99. The van der Waals surface area contributed by atoms with Crippen LogP contribution in [0.3, 0.4) is 0 Å². The number of aliphatic carboxylic acids is 1. The molecule has 2 rings (SSSR count). The number of ketones is 1. The van der Waals surface area contributed by atoms with Gasteiger partial charge in [-0.25, -0.2) is 4.79 Å². The molecule has 5 nitrogen and oxygen atoms in total. The number of carbonyl (C=O) groups is 2. The van der Waals surface area contributed by atoms with Crippen LogP contribution in [-0.4, -0.2) is 27.6 Å². The molecule has 3 N–H and O–H groups in total. The van der Waals surface area contributed by atoms with Crippen molar-refractivity contribution >= 4 is 28.4 Å². The van der Waals surface area contributed by atoms with Gasteiger partial charge < -0.3 is 10.1 Å². The smallest absolute Gasteiger partial charge is 0.349 e. The second-order valence-corrected chi connectivity index (χ2v) is 3.63. The summed E-state index contributed by atoms with van der Waals surface area (Å²) in [6.07, 6.45) is 1.15. The van der Waals surface area contributed by atoms with Gasteiger partial charge in [0.05, 0.1) is 6.42 Å². The lowest BCUT2D eigenvalue weighted by molar-refractivity contribution is -0.129. The average molecular weight is 230 g/mol. The molecule has 0 radical (unpaired) electrons. The maximum Gasteiger partial charge on any atom is 0.349 e. The van der Waals surface area contributed by atoms with Crippen LogP contribution in [-0.2, 0) is 4.79 Å². The molecule has 86 valence electrons. The van der Waals surface area contributed by atoms with E-state index < -0.39 is 18.1 Å². The molecule has 0 bridgehead atoms. The molecule has 0 spiro atoms. The number of carboxylic acid groups (broad SMARTS) is 1. The van der Waals surface area contributed by atoms with E-state index >= 15 is 0 Å². The second kappa shape index (κ2) is 4.21. The van der Waals surface area contributed by atoms with Gasteiger partial charge in [-0.15, -0.1) is 0 Å². The topological polar surface area (TPSA) is 94.0 Å². The minimum atomic E-state index is -1.36. The van der Waals surface area contributed by atoms with Crippen LogP contribution in [0.15, 0.2) is 30.5 Å². The average Bonchev–Trinajstić information content (AvgIpc) is 2.72. The number of carboxylic acids is 1. The van der Waals surface area contributed by atoms with Crippen LogP contribution in [0.5, 0.6) is 0 Å². The molecule has 1 aromatic heterocycles. The molecule has 0 amide bonds. The number of fused-ring (bicyclic) bond motifs is 1. The molecule has 1 heterocycles. The van der Waals surface area contributed by atoms with Gasteiger partial charge in [0, 0.05) is 22.7 Å². The Balaban J connectivity index is 2.31. The molecule has 1 aromatic carbocycles. The predicted molar refractivity (Wildman–Crippen MR) is 62.6 cm³/mol. The molecule has 2 aromatic rings. The van der Waals surface area contributed by atoms with E-state index in [-0.39, 0.29) is 5.78 Å². The van der Waals surface area contributed by atoms with Crippen molar-refractivity contribution in [3.8, 4) is 0 Å². The lowest BCUT2D eigenvalue weighted by atomic mass is 10.0. The number of para-hydroxylation sites is 1. The predicted octanol–water partition coefficient (Wildman–Crippen LogP) is 1.85. The quantitative estimate of drug-likeness (QED) is 0.552. The Hall–Kier alpha value is -2.43. The molecular formula is C12H10N2O3. The van der Waals surface area contributed by atoms with Crippen LogP contribution in [0.2, 0.25) is 0 Å². The molecule has 0 saturated heterocycles. The summed E-state index contributed by atoms with van der Waals surface area (Å²) in [5.41, 5.74) is 0.643. The summed E-state index contributed by atoms with van der Waals surface area (Å²) in [6.45, 7) is 0. The zero-order valence-electron chi connectivity index (χ0n) is 8.86. The minimum absolute atomic E-state index is 0.366. The molecule has 0 aliphatic rings. The van der Waals surface area contributed by atoms with E-state index in [2.05, 4.69) is 4.98 Å². The normalized spacial score (nSPS) is 10.4. The van der Waals surface area contributed by atoms with Crippen LogP contribution < -0.4 is 0 Å². The first-order valence-electron chi connectivity index (χ1n) is 4.99. The fourth-order valence-corrected chi connectivity index (χ4v) is 1.63. The van der Waals surface area contributed by atoms with Crippen molar-refractivity contribution in [2.45, 2.75) is 6.42 Å². The number of carbonyl (C=O) groups excluding carboxylic acids is 1. The van der Waals surface area contributed by atoms with Crippen molar-refractivity contribution in [3.63, 3.8) is 0 Å². The number of hydrogen-bond donors (Lipinski definition) is 3. The minimum Gasteiger partial charge on any atom is -0.477 e. The van der Waals surface area contributed by atoms with Gasteiger partial charge in [0.2, 0.25) is 0 Å². The fourth-order valence-electron chi connectivity index (χ4n) is 1.63. The maximum atomic E-state index is 11.8. The first kappa shape index (κ1) is 11.1. The van der Waals surface area contributed by atoms with Gasteiger partial charge in [0.15, 0.2) is 5.78 Å². The Labute approximate surface area is 96.6 Å². The zero-order valence-corrected chi connectivity index (χ0v) is 8.86. The number of Topliss-reactive ketones (excluding diaryl/α,β-unsaturated/α-hetero) is 1. The van der Waals surface area contributed by atoms with Crippen LogP contribution >= 0.6 is 0 Å². The molecule has 0 aliphatic carbocycles. The third-order valence-corrected chi connectivity index (χ3v) is 2.49. The number of aromatic nitrogens is 1. The number of H-pyrrole nitrogens is 1. The van der Waals surface area contributed by atoms with E-state index in [0.717, 1.165) is 10.9 Å². The molecule has 0 aliphatic heterocycles. The summed E-state index contributed by atoms with van der Waals surface area (Å²) in [5, 5.41) is 16.5. The lowest BCUT2D eigenvalue weighted by Crippen LogP contribution is -2.16. The van der Waals surface area contributed by atoms with E-state index in [9.17, 15) is 9.59 Å². The summed E-state index contributed by atoms with van der Waals surface area (Å²) in [4.78, 5) is 25.2. The van der Waals surface area contributed by atoms with E-state index in [1.54, 1.807) is 18.3 Å². The molecule has 0 unspecified atom stereocenters. The zero-order chi connectivity index (χ0) is 12.4. The number of rotatable bonds is 4. The summed E-state index contributed by atoms with van der Waals surface area (Å²) >= 11 is 0. The van der Waals surface area contributed by atoms with E-state index in [0.29, 0.717) is 5.56 Å². The highest BCUT2D eigenvalue weighted by Gasteiger charge is 2.16. The van der Waals surface area contributed by atoms with Gasteiger partial charge in [0.25, 0.3) is 0 Å². The van der Waals surface area contributed by atoms with Crippen molar-refractivity contribution in [1.29, 1.82) is 5.41 Å². The Bertz CT molecular complexity index is 613. The van der Waals surface area contributed by atoms with Crippen LogP contribution in [0.25, 0.3) is 10.9 Å². The SMILES string of the molecule is N=C(CC(=O)c1c[nH]c2ccccc12)C(=O)O. The van der Waals surface area contributed by atoms with Crippen LogP contribution in [0.4, 0.5) is 0 Å². The van der Waals surface area contributed by atoms with Gasteiger partial charge in [-0.2, -0.15) is 0 Å². The van der Waals surface area contributed by atoms with E-state index in [1.165, 1.54) is 0 Å². The van der Waals surface area contributed by atoms with E-state index in [1.807, 2.05) is 12.1 Å². The van der Waals surface area contributed by atoms with Crippen LogP contribution in [0, 0.1) is 5.41 Å². The van der Waals surface area contributed by atoms with E-state index in [4.69, 9.17) is 10.5 Å². The summed E-state index contributed by atoms with van der Waals surface area (Å²) in [6, 6.07) is 7.25. The summed E-state index contributed by atoms with van der Waals surface area (Å²) in [7, 11) is 0. The van der Waals surface area contributed by atoms with Crippen molar-refractivity contribution in [2.24, 2.45) is 0 Å². The van der Waals surface area contributed by atoms with Gasteiger partial charge in [-0.3, -0.25) is 10.2 Å². The molecule has 17 heavy (non-hydrogen) atoms. The van der Waals surface area contributed by atoms with Gasteiger partial charge in [-0.1, -0.05) is 18.2 Å². The van der Waals surface area contributed by atoms with Crippen molar-refractivity contribution < 1.29 is 14.7 Å². The molecule has 5 heteroatoms. The Morgan fingerprint density at radius 3 is 2.71 bits per heavy atom. The number of hydrogen-bond acceptors (Lipinski definition) is 3. The van der Waals surface area contributed by atoms with Crippen molar-refractivity contribution in [1.82, 2.24) is 4.98 Å². The first-order chi connectivity index (χ1) is 8.09. The summed E-state index contributed by atoms with van der Waals surface area (Å²) in [5.74, 6) is -1.73. The molecule has 0 fully saturated rings. The Morgan fingerprint density at radius 1 is 1.29 bits per heavy atom. The third kappa shape index (κ3) is 2.08. The van der Waals surface area contributed by atoms with Crippen molar-refractivity contribution in [3.05, 3.63) is 36.0 Å². The third-order valence-electron chi connectivity index (χ3n) is 2.49. The summed E-state index contributed by atoms with van der Waals surface area (Å²) < 4.78 is 0. The number of aromatic amines is 1. The van der Waals surface area contributed by atoms with Crippen LogP contribution in [0.1, 0.15) is 16.8 Å². The highest BCUT2D eigenvalue weighted by atomic mass is 16.4. The maximum absolute atomic E-state index is 11.8.